The molecule has 0 fully saturated rings. The Kier molecular flexibility index (Phi) is 4.80. The van der Waals surface area contributed by atoms with E-state index in [1.165, 1.54) is 5.56 Å². The van der Waals surface area contributed by atoms with Crippen molar-refractivity contribution in [2.24, 2.45) is 0 Å². The number of sulfone groups is 1. The van der Waals surface area contributed by atoms with E-state index in [2.05, 4.69) is 13.8 Å². The fourth-order valence-corrected chi connectivity index (χ4v) is 2.33. The van der Waals surface area contributed by atoms with Gasteiger partial charge >= 0.3 is 0 Å². The van der Waals surface area contributed by atoms with Crippen LogP contribution in [-0.2, 0) is 16.3 Å². The van der Waals surface area contributed by atoms with Crippen molar-refractivity contribution in [2.45, 2.75) is 50.9 Å². The van der Waals surface area contributed by atoms with Gasteiger partial charge in [0.2, 0.25) is 0 Å². The van der Waals surface area contributed by atoms with Crippen molar-refractivity contribution in [3.8, 4) is 0 Å². The molecule has 108 valence electrons. The molecule has 1 aromatic rings. The first-order chi connectivity index (χ1) is 8.55. The molecule has 1 unspecified atom stereocenters. The van der Waals surface area contributed by atoms with Gasteiger partial charge in [-0.25, -0.2) is 8.42 Å². The van der Waals surface area contributed by atoms with Gasteiger partial charge in [0.15, 0.2) is 9.84 Å². The number of hydrogen-bond donors (Lipinski definition) is 1. The second-order valence-electron chi connectivity index (χ2n) is 5.99. The molecule has 0 saturated heterocycles. The average Bonchev–Trinajstić information content (AvgIpc) is 2.28. The van der Waals surface area contributed by atoms with E-state index >= 15 is 0 Å². The molecule has 4 heteroatoms. The summed E-state index contributed by atoms with van der Waals surface area (Å²) < 4.78 is 22.2. The molecule has 0 spiro atoms. The molecule has 19 heavy (non-hydrogen) atoms. The van der Waals surface area contributed by atoms with Crippen LogP contribution < -0.4 is 0 Å². The Balaban J connectivity index is 2.86. The van der Waals surface area contributed by atoms with E-state index in [-0.39, 0.29) is 0 Å². The smallest absolute Gasteiger partial charge is 0.155 e. The van der Waals surface area contributed by atoms with Crippen molar-refractivity contribution in [2.75, 3.05) is 6.26 Å². The standard InChI is InChI=1S/C15H24O3S/c1-11(2)13-8-6-12(7-9-13)10-14(16)15(3,4)19(5,17)18/h6-9,11,14,16H,10H2,1-5H3. The van der Waals surface area contributed by atoms with E-state index in [1.807, 2.05) is 24.3 Å². The van der Waals surface area contributed by atoms with E-state index in [0.29, 0.717) is 12.3 Å². The maximum atomic E-state index is 11.7. The third-order valence-corrected chi connectivity index (χ3v) is 6.02. The monoisotopic (exact) mass is 284 g/mol. The maximum absolute atomic E-state index is 11.7. The molecule has 3 nitrogen and oxygen atoms in total. The maximum Gasteiger partial charge on any atom is 0.155 e. The van der Waals surface area contributed by atoms with Crippen molar-refractivity contribution in [1.29, 1.82) is 0 Å². The number of hydrogen-bond acceptors (Lipinski definition) is 3. The van der Waals surface area contributed by atoms with Gasteiger partial charge in [0.25, 0.3) is 0 Å². The van der Waals surface area contributed by atoms with Crippen LogP contribution in [0.3, 0.4) is 0 Å². The summed E-state index contributed by atoms with van der Waals surface area (Å²) in [5.41, 5.74) is 2.19. The molecule has 0 bridgehead atoms. The summed E-state index contributed by atoms with van der Waals surface area (Å²) in [6, 6.07) is 7.97. The minimum atomic E-state index is -3.29. The molecule has 1 N–H and O–H groups in total. The predicted molar refractivity (Wildman–Crippen MR) is 79.2 cm³/mol. The highest BCUT2D eigenvalue weighted by molar-refractivity contribution is 7.92. The molecule has 0 aliphatic heterocycles. The van der Waals surface area contributed by atoms with Gasteiger partial charge in [-0.3, -0.25) is 0 Å². The second-order valence-corrected chi connectivity index (χ2v) is 8.59. The largest absolute Gasteiger partial charge is 0.391 e. The number of benzene rings is 1. The van der Waals surface area contributed by atoms with Crippen LogP contribution in [0.15, 0.2) is 24.3 Å². The summed E-state index contributed by atoms with van der Waals surface area (Å²) in [7, 11) is -3.29. The highest BCUT2D eigenvalue weighted by atomic mass is 32.2. The van der Waals surface area contributed by atoms with E-state index < -0.39 is 20.7 Å². The van der Waals surface area contributed by atoms with Gasteiger partial charge in [-0.1, -0.05) is 38.1 Å². The minimum Gasteiger partial charge on any atom is -0.391 e. The SMILES string of the molecule is CC(C)c1ccc(CC(O)C(C)(C)S(C)(=O)=O)cc1. The zero-order valence-corrected chi connectivity index (χ0v) is 13.2. The van der Waals surface area contributed by atoms with Crippen LogP contribution in [0.25, 0.3) is 0 Å². The van der Waals surface area contributed by atoms with Gasteiger partial charge in [-0.2, -0.15) is 0 Å². The molecule has 0 aromatic heterocycles. The quantitative estimate of drug-likeness (QED) is 0.904. The molecular weight excluding hydrogens is 260 g/mol. The number of aliphatic hydroxyl groups excluding tert-OH is 1. The van der Waals surface area contributed by atoms with Crippen LogP contribution in [0.2, 0.25) is 0 Å². The molecule has 1 aromatic carbocycles. The summed E-state index contributed by atoms with van der Waals surface area (Å²) in [6.07, 6.45) is 0.601. The van der Waals surface area contributed by atoms with Crippen molar-refractivity contribution in [3.63, 3.8) is 0 Å². The lowest BCUT2D eigenvalue weighted by Crippen LogP contribution is -2.44. The Morgan fingerprint density at radius 3 is 2.00 bits per heavy atom. The first-order valence-electron chi connectivity index (χ1n) is 6.52. The first kappa shape index (κ1) is 16.2. The molecule has 0 saturated carbocycles. The molecule has 1 atom stereocenters. The third kappa shape index (κ3) is 3.80. The highest BCUT2D eigenvalue weighted by Gasteiger charge is 2.37. The van der Waals surface area contributed by atoms with Crippen LogP contribution in [-0.4, -0.2) is 30.6 Å². The number of rotatable bonds is 5. The van der Waals surface area contributed by atoms with Crippen molar-refractivity contribution < 1.29 is 13.5 Å². The third-order valence-electron chi connectivity index (χ3n) is 3.83. The van der Waals surface area contributed by atoms with E-state index in [9.17, 15) is 13.5 Å². The predicted octanol–water partition coefficient (Wildman–Crippen LogP) is 2.54. The van der Waals surface area contributed by atoms with Crippen LogP contribution in [0, 0.1) is 0 Å². The van der Waals surface area contributed by atoms with Gasteiger partial charge in [0.1, 0.15) is 0 Å². The Morgan fingerprint density at radius 1 is 1.16 bits per heavy atom. The molecular formula is C15H24O3S. The van der Waals surface area contributed by atoms with Crippen LogP contribution in [0.1, 0.15) is 44.7 Å². The van der Waals surface area contributed by atoms with Crippen LogP contribution in [0.5, 0.6) is 0 Å². The van der Waals surface area contributed by atoms with Gasteiger partial charge in [0.05, 0.1) is 10.9 Å². The molecule has 0 aliphatic carbocycles. The summed E-state index contributed by atoms with van der Waals surface area (Å²) >= 11 is 0. The molecule has 0 aliphatic rings. The Labute approximate surface area is 116 Å². The fourth-order valence-electron chi connectivity index (χ4n) is 1.75. The van der Waals surface area contributed by atoms with E-state index in [1.54, 1.807) is 13.8 Å². The Bertz CT molecular complexity index is 513. The summed E-state index contributed by atoms with van der Waals surface area (Å²) in [4.78, 5) is 0. The van der Waals surface area contributed by atoms with Gasteiger partial charge in [-0.15, -0.1) is 0 Å². The molecule has 0 amide bonds. The van der Waals surface area contributed by atoms with E-state index in [0.717, 1.165) is 11.8 Å². The van der Waals surface area contributed by atoms with Crippen molar-refractivity contribution >= 4 is 9.84 Å². The van der Waals surface area contributed by atoms with E-state index in [4.69, 9.17) is 0 Å². The van der Waals surface area contributed by atoms with Gasteiger partial charge < -0.3 is 5.11 Å². The lowest BCUT2D eigenvalue weighted by molar-refractivity contribution is 0.138. The zero-order valence-electron chi connectivity index (χ0n) is 12.3. The Hall–Kier alpha value is -0.870. The lowest BCUT2D eigenvalue weighted by atomic mass is 9.96. The van der Waals surface area contributed by atoms with Crippen LogP contribution in [0.4, 0.5) is 0 Å². The lowest BCUT2D eigenvalue weighted by Gasteiger charge is -2.28. The summed E-state index contributed by atoms with van der Waals surface area (Å²) in [5, 5.41) is 10.2. The average molecular weight is 284 g/mol. The molecule has 1 rings (SSSR count). The van der Waals surface area contributed by atoms with Gasteiger partial charge in [0, 0.05) is 6.26 Å². The number of aliphatic hydroxyl groups is 1. The minimum absolute atomic E-state index is 0.346. The fraction of sp³-hybridized carbons (Fsp3) is 0.600. The second kappa shape index (κ2) is 5.63. The summed E-state index contributed by atoms with van der Waals surface area (Å²) in [5.74, 6) is 0.464. The highest BCUT2D eigenvalue weighted by Crippen LogP contribution is 2.24. The van der Waals surface area contributed by atoms with Crippen LogP contribution >= 0.6 is 0 Å². The summed E-state index contributed by atoms with van der Waals surface area (Å²) in [6.45, 7) is 7.37. The molecule has 0 heterocycles. The van der Waals surface area contributed by atoms with Gasteiger partial charge in [-0.05, 0) is 37.3 Å². The zero-order chi connectivity index (χ0) is 14.8. The normalized spacial score (nSPS) is 14.7. The van der Waals surface area contributed by atoms with Crippen molar-refractivity contribution in [1.82, 2.24) is 0 Å². The first-order valence-corrected chi connectivity index (χ1v) is 8.41. The Morgan fingerprint density at radius 2 is 1.63 bits per heavy atom. The topological polar surface area (TPSA) is 54.4 Å². The van der Waals surface area contributed by atoms with Crippen molar-refractivity contribution in [3.05, 3.63) is 35.4 Å². The molecule has 0 radical (unpaired) electrons.